The van der Waals surface area contributed by atoms with Crippen molar-refractivity contribution in [2.75, 3.05) is 12.3 Å². The van der Waals surface area contributed by atoms with Crippen LogP contribution in [0.2, 0.25) is 0 Å². The molecule has 1 fully saturated rings. The highest BCUT2D eigenvalue weighted by Crippen LogP contribution is 2.36. The molecule has 1 saturated heterocycles. The van der Waals surface area contributed by atoms with Crippen molar-refractivity contribution >= 4 is 23.7 Å². The summed E-state index contributed by atoms with van der Waals surface area (Å²) < 4.78 is 25.5. The van der Waals surface area contributed by atoms with Crippen LogP contribution in [0.5, 0.6) is 0 Å². The SMILES string of the molecule is Nc1cccc(-c2cn([C@@H]3O[C@H](COC(=O)c4ccccc4)[C@@H](OC(=O)c4ccccc4)[C@H]3OC(=O)c3ccccc3)cn2)n1. The first-order valence-electron chi connectivity index (χ1n) is 14.1. The molecule has 0 bridgehead atoms. The maximum atomic E-state index is 13.3. The molecule has 3 aromatic carbocycles. The van der Waals surface area contributed by atoms with E-state index in [0.29, 0.717) is 28.3 Å². The minimum absolute atomic E-state index is 0.284. The molecule has 0 saturated carbocycles. The number of hydrogen-bond donors (Lipinski definition) is 1. The number of nitrogens with two attached hydrogens (primary N) is 1. The number of nitrogen functional groups attached to an aromatic ring is 1. The molecule has 0 spiro atoms. The van der Waals surface area contributed by atoms with Crippen LogP contribution in [0.4, 0.5) is 5.82 Å². The Morgan fingerprint density at radius 3 is 1.82 bits per heavy atom. The number of pyridine rings is 1. The van der Waals surface area contributed by atoms with Gasteiger partial charge in [0.15, 0.2) is 18.4 Å². The molecular formula is C34H28N4O7. The van der Waals surface area contributed by atoms with E-state index in [0.717, 1.165) is 0 Å². The Labute approximate surface area is 258 Å². The van der Waals surface area contributed by atoms with Gasteiger partial charge in [-0.1, -0.05) is 60.7 Å². The van der Waals surface area contributed by atoms with Gasteiger partial charge in [0.25, 0.3) is 0 Å². The zero-order chi connectivity index (χ0) is 31.2. The lowest BCUT2D eigenvalue weighted by Gasteiger charge is -2.24. The van der Waals surface area contributed by atoms with E-state index < -0.39 is 42.4 Å². The van der Waals surface area contributed by atoms with E-state index >= 15 is 0 Å². The highest BCUT2D eigenvalue weighted by atomic mass is 16.7. The van der Waals surface area contributed by atoms with Crippen molar-refractivity contribution < 1.29 is 33.3 Å². The third kappa shape index (κ3) is 6.73. The van der Waals surface area contributed by atoms with Gasteiger partial charge >= 0.3 is 17.9 Å². The molecule has 2 N–H and O–H groups in total. The van der Waals surface area contributed by atoms with Gasteiger partial charge in [0.1, 0.15) is 24.2 Å². The molecule has 0 amide bonds. The monoisotopic (exact) mass is 604 g/mol. The molecule has 226 valence electrons. The Balaban J connectivity index is 1.34. The van der Waals surface area contributed by atoms with Crippen molar-refractivity contribution in [3.05, 3.63) is 138 Å². The number of rotatable bonds is 9. The van der Waals surface area contributed by atoms with Crippen molar-refractivity contribution in [1.29, 1.82) is 0 Å². The second kappa shape index (κ2) is 13.2. The van der Waals surface area contributed by atoms with E-state index in [-0.39, 0.29) is 12.2 Å². The fraction of sp³-hybridized carbons (Fsp3) is 0.147. The molecular weight excluding hydrogens is 576 g/mol. The molecule has 2 aromatic heterocycles. The van der Waals surface area contributed by atoms with E-state index in [9.17, 15) is 14.4 Å². The lowest BCUT2D eigenvalue weighted by atomic mass is 10.1. The average molecular weight is 605 g/mol. The van der Waals surface area contributed by atoms with Gasteiger partial charge in [0.2, 0.25) is 0 Å². The van der Waals surface area contributed by atoms with Crippen LogP contribution in [0.1, 0.15) is 37.3 Å². The van der Waals surface area contributed by atoms with E-state index in [2.05, 4.69) is 9.97 Å². The fourth-order valence-corrected chi connectivity index (χ4v) is 4.90. The Kier molecular flexibility index (Phi) is 8.60. The standard InChI is InChI=1S/C34H28N4O7/c35-28-18-10-17-25(37-28)26-19-38(21-36-26)31-30(45-34(41)24-15-8-3-9-16-24)29(44-33(40)23-13-6-2-7-14-23)27(43-31)20-42-32(39)22-11-4-1-5-12-22/h1-19,21,27,29-31H,20H2,(H2,35,37)/t27-,29-,30-,31-/m1/s1. The first-order valence-corrected chi connectivity index (χ1v) is 14.1. The van der Waals surface area contributed by atoms with Gasteiger partial charge in [-0.25, -0.2) is 24.4 Å². The molecule has 11 nitrogen and oxygen atoms in total. The number of ether oxygens (including phenoxy) is 4. The summed E-state index contributed by atoms with van der Waals surface area (Å²) in [6, 6.07) is 30.4. The molecule has 5 aromatic rings. The first kappa shape index (κ1) is 29.3. The van der Waals surface area contributed by atoms with Crippen molar-refractivity contribution in [3.8, 4) is 11.4 Å². The van der Waals surface area contributed by atoms with E-state index in [1.54, 1.807) is 120 Å². The lowest BCUT2D eigenvalue weighted by molar-refractivity contribution is -0.0620. The predicted octanol–water partition coefficient (Wildman–Crippen LogP) is 4.73. The lowest BCUT2D eigenvalue weighted by Crippen LogP contribution is -2.41. The van der Waals surface area contributed by atoms with E-state index in [1.807, 2.05) is 0 Å². The van der Waals surface area contributed by atoms with Crippen LogP contribution < -0.4 is 5.73 Å². The quantitative estimate of drug-likeness (QED) is 0.185. The minimum Gasteiger partial charge on any atom is -0.459 e. The number of hydrogen-bond acceptors (Lipinski definition) is 10. The summed E-state index contributed by atoms with van der Waals surface area (Å²) in [5.74, 6) is -1.59. The van der Waals surface area contributed by atoms with Crippen LogP contribution in [0.15, 0.2) is 122 Å². The number of nitrogens with zero attached hydrogens (tertiary/aromatic N) is 3. The smallest absolute Gasteiger partial charge is 0.338 e. The third-order valence-electron chi connectivity index (χ3n) is 7.11. The molecule has 0 unspecified atom stereocenters. The predicted molar refractivity (Wildman–Crippen MR) is 162 cm³/mol. The number of anilines is 1. The summed E-state index contributed by atoms with van der Waals surface area (Å²) >= 11 is 0. The first-order chi connectivity index (χ1) is 22.0. The van der Waals surface area contributed by atoms with Crippen molar-refractivity contribution in [2.45, 2.75) is 24.5 Å². The summed E-state index contributed by atoms with van der Waals surface area (Å²) in [4.78, 5) is 48.3. The van der Waals surface area contributed by atoms with Gasteiger partial charge in [0, 0.05) is 6.20 Å². The van der Waals surface area contributed by atoms with Crippen LogP contribution >= 0.6 is 0 Å². The Morgan fingerprint density at radius 2 is 1.24 bits per heavy atom. The summed E-state index contributed by atoms with van der Waals surface area (Å²) in [6.07, 6.45) is -1.22. The van der Waals surface area contributed by atoms with Gasteiger partial charge in [-0.3, -0.25) is 0 Å². The molecule has 0 radical (unpaired) electrons. The Bertz CT molecular complexity index is 1780. The number of carbonyl (C=O) groups is 3. The zero-order valence-electron chi connectivity index (χ0n) is 23.8. The van der Waals surface area contributed by atoms with Gasteiger partial charge < -0.3 is 29.2 Å². The maximum Gasteiger partial charge on any atom is 0.338 e. The van der Waals surface area contributed by atoms with Crippen LogP contribution in [-0.4, -0.2) is 57.4 Å². The number of esters is 3. The number of carbonyl (C=O) groups excluding carboxylic acids is 3. The second-order valence-corrected chi connectivity index (χ2v) is 10.2. The molecule has 0 aliphatic carbocycles. The number of aromatic nitrogens is 3. The third-order valence-corrected chi connectivity index (χ3v) is 7.11. The van der Waals surface area contributed by atoms with E-state index in [4.69, 9.17) is 24.7 Å². The van der Waals surface area contributed by atoms with Gasteiger partial charge in [-0.15, -0.1) is 0 Å². The highest BCUT2D eigenvalue weighted by molar-refractivity contribution is 5.91. The maximum absolute atomic E-state index is 13.3. The fourth-order valence-electron chi connectivity index (χ4n) is 4.90. The molecule has 45 heavy (non-hydrogen) atoms. The van der Waals surface area contributed by atoms with Gasteiger partial charge in [-0.05, 0) is 48.5 Å². The Morgan fingerprint density at radius 1 is 0.689 bits per heavy atom. The van der Waals surface area contributed by atoms with Crippen LogP contribution in [0, 0.1) is 0 Å². The molecule has 3 heterocycles. The van der Waals surface area contributed by atoms with E-state index in [1.165, 1.54) is 6.33 Å². The van der Waals surface area contributed by atoms with Crippen LogP contribution in [0.25, 0.3) is 11.4 Å². The van der Waals surface area contributed by atoms with Crippen LogP contribution in [0.3, 0.4) is 0 Å². The summed E-state index contributed by atoms with van der Waals surface area (Å²) in [6.45, 7) is -0.297. The normalized spacial score (nSPS) is 19.0. The average Bonchev–Trinajstić information content (AvgIpc) is 3.70. The summed E-state index contributed by atoms with van der Waals surface area (Å²) in [5, 5.41) is 0. The molecule has 1 aliphatic rings. The minimum atomic E-state index is -1.17. The number of imidazole rings is 1. The van der Waals surface area contributed by atoms with Crippen molar-refractivity contribution in [1.82, 2.24) is 14.5 Å². The van der Waals surface area contributed by atoms with Gasteiger partial charge in [0.05, 0.1) is 28.7 Å². The topological polar surface area (TPSA) is 145 Å². The summed E-state index contributed by atoms with van der Waals surface area (Å²) in [5.41, 5.74) is 7.78. The van der Waals surface area contributed by atoms with Gasteiger partial charge in [-0.2, -0.15) is 0 Å². The molecule has 6 rings (SSSR count). The zero-order valence-corrected chi connectivity index (χ0v) is 23.8. The molecule has 11 heteroatoms. The van der Waals surface area contributed by atoms with Crippen molar-refractivity contribution in [3.63, 3.8) is 0 Å². The summed E-state index contributed by atoms with van der Waals surface area (Å²) in [7, 11) is 0. The molecule has 4 atom stereocenters. The number of benzene rings is 3. The Hall–Kier alpha value is -5.81. The second-order valence-electron chi connectivity index (χ2n) is 10.2. The molecule has 1 aliphatic heterocycles. The largest absolute Gasteiger partial charge is 0.459 e. The highest BCUT2D eigenvalue weighted by Gasteiger charge is 2.51. The van der Waals surface area contributed by atoms with Crippen molar-refractivity contribution in [2.24, 2.45) is 0 Å². The van der Waals surface area contributed by atoms with Crippen LogP contribution in [-0.2, 0) is 18.9 Å².